The lowest BCUT2D eigenvalue weighted by atomic mass is 10.1. The van der Waals surface area contributed by atoms with Crippen LogP contribution in [0.25, 0.3) is 0 Å². The van der Waals surface area contributed by atoms with Gasteiger partial charge in [0.05, 0.1) is 11.6 Å². The number of hydrogen-bond donors (Lipinski definition) is 2. The van der Waals surface area contributed by atoms with Crippen LogP contribution in [0.15, 0.2) is 65.6 Å². The van der Waals surface area contributed by atoms with Crippen LogP contribution in [0.2, 0.25) is 0 Å². The van der Waals surface area contributed by atoms with Crippen LogP contribution >= 0.6 is 11.3 Å². The van der Waals surface area contributed by atoms with Crippen molar-refractivity contribution in [2.45, 2.75) is 18.9 Å². The van der Waals surface area contributed by atoms with Crippen LogP contribution in [0.4, 0.5) is 16.2 Å². The van der Waals surface area contributed by atoms with Gasteiger partial charge in [-0.05, 0) is 65.6 Å². The van der Waals surface area contributed by atoms with Crippen molar-refractivity contribution in [2.75, 3.05) is 17.2 Å². The second kappa shape index (κ2) is 8.22. The van der Waals surface area contributed by atoms with Crippen LogP contribution in [0.1, 0.15) is 34.8 Å². The van der Waals surface area contributed by atoms with Crippen molar-refractivity contribution < 1.29 is 9.59 Å². The highest BCUT2D eigenvalue weighted by Gasteiger charge is 2.30. The number of likely N-dealkylation sites (tertiary alicyclic amines) is 1. The van der Waals surface area contributed by atoms with Crippen LogP contribution in [0, 0.1) is 0 Å². The molecule has 2 aromatic heterocycles. The Morgan fingerprint density at radius 2 is 1.96 bits per heavy atom. The van der Waals surface area contributed by atoms with Crippen LogP contribution in [0.5, 0.6) is 0 Å². The molecule has 142 valence electrons. The average Bonchev–Trinajstić information content (AvgIpc) is 3.40. The third-order valence-corrected chi connectivity index (χ3v) is 5.44. The maximum absolute atomic E-state index is 12.8. The number of thiophene rings is 1. The van der Waals surface area contributed by atoms with Crippen molar-refractivity contribution in [1.29, 1.82) is 0 Å². The third-order valence-electron chi connectivity index (χ3n) is 4.74. The molecule has 0 spiro atoms. The van der Waals surface area contributed by atoms with Crippen LogP contribution < -0.4 is 10.6 Å². The molecule has 6 nitrogen and oxygen atoms in total. The minimum absolute atomic E-state index is 0.121. The summed E-state index contributed by atoms with van der Waals surface area (Å²) >= 11 is 1.65. The summed E-state index contributed by atoms with van der Waals surface area (Å²) in [6.07, 6.45) is 5.11. The van der Waals surface area contributed by atoms with E-state index in [1.807, 2.05) is 16.3 Å². The van der Waals surface area contributed by atoms with E-state index in [1.54, 1.807) is 47.9 Å². The fraction of sp³-hybridized carbons (Fsp3) is 0.190. The van der Waals surface area contributed by atoms with Crippen molar-refractivity contribution in [3.8, 4) is 0 Å². The Morgan fingerprint density at radius 1 is 1.11 bits per heavy atom. The molecule has 1 aliphatic heterocycles. The molecule has 3 amide bonds. The number of anilines is 2. The molecule has 0 radical (unpaired) electrons. The number of nitrogens with one attached hydrogen (secondary N) is 2. The molecular formula is C21H20N4O2S. The van der Waals surface area contributed by atoms with Gasteiger partial charge in [-0.15, -0.1) is 0 Å². The normalized spacial score (nSPS) is 16.0. The molecule has 0 saturated carbocycles. The second-order valence-corrected chi connectivity index (χ2v) is 7.39. The maximum atomic E-state index is 12.8. The predicted octanol–water partition coefficient (Wildman–Crippen LogP) is 4.76. The molecular weight excluding hydrogens is 372 g/mol. The first-order valence-electron chi connectivity index (χ1n) is 9.12. The molecule has 2 N–H and O–H groups in total. The minimum atomic E-state index is -0.242. The third kappa shape index (κ3) is 4.04. The monoisotopic (exact) mass is 392 g/mol. The summed E-state index contributed by atoms with van der Waals surface area (Å²) in [6, 6.07) is 12.6. The Kier molecular flexibility index (Phi) is 5.34. The summed E-state index contributed by atoms with van der Waals surface area (Å²) in [5.41, 5.74) is 2.93. The largest absolute Gasteiger partial charge is 0.322 e. The first-order chi connectivity index (χ1) is 13.7. The van der Waals surface area contributed by atoms with Gasteiger partial charge in [0.15, 0.2) is 0 Å². The highest BCUT2D eigenvalue weighted by Crippen LogP contribution is 2.33. The van der Waals surface area contributed by atoms with Crippen LogP contribution in [-0.2, 0) is 0 Å². The molecule has 1 fully saturated rings. The van der Waals surface area contributed by atoms with E-state index in [1.165, 1.54) is 11.8 Å². The number of nitrogens with zero attached hydrogens (tertiary/aromatic N) is 2. The number of benzene rings is 1. The first kappa shape index (κ1) is 18.2. The van der Waals surface area contributed by atoms with E-state index in [0.29, 0.717) is 16.9 Å². The zero-order chi connectivity index (χ0) is 19.3. The smallest absolute Gasteiger partial charge is 0.322 e. The fourth-order valence-corrected chi connectivity index (χ4v) is 4.10. The van der Waals surface area contributed by atoms with Gasteiger partial charge in [0.25, 0.3) is 5.91 Å². The van der Waals surface area contributed by atoms with Crippen molar-refractivity contribution in [3.63, 3.8) is 0 Å². The molecule has 1 aliphatic rings. The summed E-state index contributed by atoms with van der Waals surface area (Å²) in [5, 5.41) is 9.93. The molecule has 7 heteroatoms. The first-order valence-corrected chi connectivity index (χ1v) is 10.1. The quantitative estimate of drug-likeness (QED) is 0.672. The summed E-state index contributed by atoms with van der Waals surface area (Å²) in [6.45, 7) is 0.740. The van der Waals surface area contributed by atoms with Crippen molar-refractivity contribution in [3.05, 3.63) is 76.7 Å². The number of rotatable bonds is 4. The van der Waals surface area contributed by atoms with Crippen molar-refractivity contribution in [1.82, 2.24) is 9.88 Å². The van der Waals surface area contributed by atoms with E-state index in [4.69, 9.17) is 0 Å². The Labute approximate surface area is 167 Å². The number of urea groups is 1. The van der Waals surface area contributed by atoms with Gasteiger partial charge in [-0.1, -0.05) is 6.07 Å². The lowest BCUT2D eigenvalue weighted by Crippen LogP contribution is -2.34. The van der Waals surface area contributed by atoms with E-state index in [0.717, 1.165) is 19.4 Å². The van der Waals surface area contributed by atoms with Gasteiger partial charge in [-0.3, -0.25) is 9.78 Å². The van der Waals surface area contributed by atoms with Gasteiger partial charge < -0.3 is 15.5 Å². The van der Waals surface area contributed by atoms with Crippen LogP contribution in [0.3, 0.4) is 0 Å². The summed E-state index contributed by atoms with van der Waals surface area (Å²) in [5.74, 6) is -0.242. The SMILES string of the molecule is O=C(Nc1cccc(NC(=O)N2CCC[C@H]2c2ccsc2)c1)c1cccnc1. The fourth-order valence-electron chi connectivity index (χ4n) is 3.39. The molecule has 1 saturated heterocycles. The molecule has 28 heavy (non-hydrogen) atoms. The maximum Gasteiger partial charge on any atom is 0.322 e. The molecule has 1 atom stereocenters. The summed E-state index contributed by atoms with van der Waals surface area (Å²) in [7, 11) is 0. The van der Waals surface area contributed by atoms with Gasteiger partial charge >= 0.3 is 6.03 Å². The van der Waals surface area contributed by atoms with Crippen LogP contribution in [-0.4, -0.2) is 28.4 Å². The number of carbonyl (C=O) groups is 2. The Bertz CT molecular complexity index is 960. The number of amides is 3. The zero-order valence-corrected chi connectivity index (χ0v) is 16.0. The van der Waals surface area contributed by atoms with Gasteiger partial charge in [0.2, 0.25) is 0 Å². The Balaban J connectivity index is 1.43. The van der Waals surface area contributed by atoms with E-state index >= 15 is 0 Å². The highest BCUT2D eigenvalue weighted by molar-refractivity contribution is 7.08. The number of hydrogen-bond acceptors (Lipinski definition) is 4. The molecule has 3 aromatic rings. The topological polar surface area (TPSA) is 74.3 Å². The van der Waals surface area contributed by atoms with E-state index < -0.39 is 0 Å². The lowest BCUT2D eigenvalue weighted by Gasteiger charge is -2.24. The van der Waals surface area contributed by atoms with Gasteiger partial charge in [-0.25, -0.2) is 4.79 Å². The Hall–Kier alpha value is -3.19. The standard InChI is InChI=1S/C21H20N4O2S/c26-20(15-4-2-9-22-13-15)23-17-5-1-6-18(12-17)24-21(27)25-10-3-7-19(25)16-8-11-28-14-16/h1-2,4-6,8-9,11-14,19H,3,7,10H2,(H,23,26)(H,24,27)/t19-/m0/s1. The number of carbonyl (C=O) groups excluding carboxylic acids is 2. The Morgan fingerprint density at radius 3 is 2.71 bits per heavy atom. The number of pyridine rings is 1. The molecule has 4 rings (SSSR count). The minimum Gasteiger partial charge on any atom is -0.322 e. The van der Waals surface area contributed by atoms with E-state index in [2.05, 4.69) is 27.1 Å². The molecule has 1 aromatic carbocycles. The molecule has 0 unspecified atom stereocenters. The van der Waals surface area contributed by atoms with Gasteiger partial charge in [0.1, 0.15) is 0 Å². The molecule has 3 heterocycles. The van der Waals surface area contributed by atoms with Gasteiger partial charge in [0, 0.05) is 30.3 Å². The zero-order valence-electron chi connectivity index (χ0n) is 15.2. The molecule has 0 bridgehead atoms. The molecule has 0 aliphatic carbocycles. The second-order valence-electron chi connectivity index (χ2n) is 6.61. The number of aromatic nitrogens is 1. The van der Waals surface area contributed by atoms with Crippen molar-refractivity contribution in [2.24, 2.45) is 0 Å². The summed E-state index contributed by atoms with van der Waals surface area (Å²) in [4.78, 5) is 30.9. The summed E-state index contributed by atoms with van der Waals surface area (Å²) < 4.78 is 0. The van der Waals surface area contributed by atoms with E-state index in [-0.39, 0.29) is 18.0 Å². The average molecular weight is 392 g/mol. The van der Waals surface area contributed by atoms with E-state index in [9.17, 15) is 9.59 Å². The lowest BCUT2D eigenvalue weighted by molar-refractivity contribution is 0.102. The van der Waals surface area contributed by atoms with Gasteiger partial charge in [-0.2, -0.15) is 11.3 Å². The van der Waals surface area contributed by atoms with Crippen molar-refractivity contribution >= 4 is 34.6 Å². The highest BCUT2D eigenvalue weighted by atomic mass is 32.1. The predicted molar refractivity (Wildman–Crippen MR) is 111 cm³/mol.